The average molecular weight is 581 g/mol. The summed E-state index contributed by atoms with van der Waals surface area (Å²) in [6.07, 6.45) is 1.60. The minimum atomic E-state index is -0.629. The number of nitrogens with one attached hydrogen (secondary N) is 1. The fourth-order valence-electron chi connectivity index (χ4n) is 5.39. The second kappa shape index (κ2) is 14.3. The molecule has 2 fully saturated rings. The number of nitrogens with zero attached hydrogens (tertiary/aromatic N) is 1. The van der Waals surface area contributed by atoms with Crippen molar-refractivity contribution in [3.8, 4) is 0 Å². The molecule has 9 heteroatoms. The highest BCUT2D eigenvalue weighted by atomic mass is 16.7. The van der Waals surface area contributed by atoms with Crippen molar-refractivity contribution >= 4 is 12.1 Å². The Hall–Kier alpha value is -3.24. The van der Waals surface area contributed by atoms with Crippen LogP contribution in [0.1, 0.15) is 75.2 Å². The van der Waals surface area contributed by atoms with E-state index in [1.54, 1.807) is 0 Å². The molecule has 2 aromatic rings. The van der Waals surface area contributed by atoms with Crippen molar-refractivity contribution in [3.05, 3.63) is 83.4 Å². The van der Waals surface area contributed by atoms with E-state index in [-0.39, 0.29) is 43.4 Å². The van der Waals surface area contributed by atoms with Crippen LogP contribution in [0, 0.1) is 5.92 Å². The number of hydrogen-bond acceptors (Lipinski definition) is 8. The molecule has 5 unspecified atom stereocenters. The Morgan fingerprint density at radius 2 is 1.74 bits per heavy atom. The van der Waals surface area contributed by atoms with Crippen LogP contribution in [0.15, 0.2) is 61.2 Å². The van der Waals surface area contributed by atoms with Crippen LogP contribution in [-0.2, 0) is 36.9 Å². The molecule has 4 rings (SSSR count). The molecule has 1 amide bonds. The molecule has 5 atom stereocenters. The van der Waals surface area contributed by atoms with Crippen molar-refractivity contribution < 1.29 is 33.6 Å². The molecular weight excluding hydrogens is 536 g/mol. The highest BCUT2D eigenvalue weighted by Crippen LogP contribution is 2.42. The number of alkyl carbamates (subject to hydrolysis) is 1. The van der Waals surface area contributed by atoms with Gasteiger partial charge in [-0.2, -0.15) is 0 Å². The number of likely N-dealkylation sites (tertiary alicyclic amines) is 1. The van der Waals surface area contributed by atoms with E-state index >= 15 is 0 Å². The summed E-state index contributed by atoms with van der Waals surface area (Å²) in [6.45, 7) is 13.1. The van der Waals surface area contributed by atoms with Gasteiger partial charge in [-0.25, -0.2) is 4.79 Å². The van der Waals surface area contributed by atoms with E-state index in [2.05, 4.69) is 23.7 Å². The number of rotatable bonds is 10. The lowest BCUT2D eigenvalue weighted by Gasteiger charge is -2.43. The molecule has 2 saturated heterocycles. The molecular formula is C33H44N2O7. The number of esters is 1. The average Bonchev–Trinajstić information content (AvgIpc) is 3.44. The number of carbonyl (C=O) groups is 2. The van der Waals surface area contributed by atoms with Gasteiger partial charge in [0.25, 0.3) is 0 Å². The van der Waals surface area contributed by atoms with Crippen LogP contribution in [0.3, 0.4) is 0 Å². The summed E-state index contributed by atoms with van der Waals surface area (Å²) < 4.78 is 23.9. The molecule has 2 heterocycles. The topological polar surface area (TPSA) is 107 Å². The summed E-state index contributed by atoms with van der Waals surface area (Å²) in [7, 11) is 0. The highest BCUT2D eigenvalue weighted by Gasteiger charge is 2.42. The first-order chi connectivity index (χ1) is 20.1. The minimum Gasteiger partial charge on any atom is -0.459 e. The molecule has 228 valence electrons. The molecule has 2 aliphatic heterocycles. The van der Waals surface area contributed by atoms with Gasteiger partial charge in [-0.1, -0.05) is 68.1 Å². The number of ether oxygens (including phenoxy) is 4. The number of hydrogen-bond donors (Lipinski definition) is 2. The van der Waals surface area contributed by atoms with E-state index in [1.165, 1.54) is 6.08 Å². The zero-order chi connectivity index (χ0) is 30.3. The van der Waals surface area contributed by atoms with Crippen LogP contribution in [0.2, 0.25) is 0 Å². The van der Waals surface area contributed by atoms with Gasteiger partial charge < -0.3 is 29.4 Å². The van der Waals surface area contributed by atoms with Crippen LogP contribution in [0.5, 0.6) is 0 Å². The SMILES string of the molecule is C=CCOC(=O)NCc1ccc(C2OC(CN3CCCC3C(=O)OC(C)(C)C)C(C)C(c3ccc(CO)cc3)O2)cc1. The van der Waals surface area contributed by atoms with E-state index in [1.807, 2.05) is 69.3 Å². The lowest BCUT2D eigenvalue weighted by molar-refractivity contribution is -0.276. The highest BCUT2D eigenvalue weighted by molar-refractivity contribution is 5.76. The summed E-state index contributed by atoms with van der Waals surface area (Å²) in [5, 5.41) is 12.2. The Morgan fingerprint density at radius 3 is 2.38 bits per heavy atom. The molecule has 0 aliphatic carbocycles. The maximum Gasteiger partial charge on any atom is 0.407 e. The van der Waals surface area contributed by atoms with Crippen LogP contribution in [0.4, 0.5) is 4.79 Å². The Morgan fingerprint density at radius 1 is 1.07 bits per heavy atom. The summed E-state index contributed by atoms with van der Waals surface area (Å²) >= 11 is 0. The van der Waals surface area contributed by atoms with Gasteiger partial charge in [0.05, 0.1) is 18.8 Å². The quantitative estimate of drug-likeness (QED) is 0.292. The van der Waals surface area contributed by atoms with E-state index in [9.17, 15) is 14.7 Å². The van der Waals surface area contributed by atoms with Gasteiger partial charge in [0.2, 0.25) is 0 Å². The van der Waals surface area contributed by atoms with Crippen LogP contribution in [-0.4, -0.2) is 59.5 Å². The van der Waals surface area contributed by atoms with Crippen LogP contribution >= 0.6 is 0 Å². The van der Waals surface area contributed by atoms with Crippen molar-refractivity contribution in [3.63, 3.8) is 0 Å². The number of carbonyl (C=O) groups excluding carboxylic acids is 2. The first-order valence-electron chi connectivity index (χ1n) is 14.7. The van der Waals surface area contributed by atoms with Crippen molar-refractivity contribution in [2.24, 2.45) is 5.92 Å². The standard InChI is InChI=1S/C33H44N2O7/c1-6-18-39-32(38)34-19-23-9-15-26(16-10-23)31-40-28(20-35-17-7-8-27(35)30(37)42-33(3,4)5)22(2)29(41-31)25-13-11-24(21-36)12-14-25/h6,9-16,22,27-29,31,36H,1,7-8,17-21H2,2-5H3,(H,34,38). The monoisotopic (exact) mass is 580 g/mol. The zero-order valence-corrected chi connectivity index (χ0v) is 25.1. The van der Waals surface area contributed by atoms with E-state index < -0.39 is 18.0 Å². The van der Waals surface area contributed by atoms with Gasteiger partial charge in [-0.05, 0) is 56.8 Å². The van der Waals surface area contributed by atoms with Crippen LogP contribution in [0.25, 0.3) is 0 Å². The Bertz CT molecular complexity index is 1190. The molecule has 0 bridgehead atoms. The summed E-state index contributed by atoms with van der Waals surface area (Å²) in [4.78, 5) is 27.0. The molecule has 42 heavy (non-hydrogen) atoms. The summed E-state index contributed by atoms with van der Waals surface area (Å²) in [5.74, 6) is -0.198. The van der Waals surface area contributed by atoms with Gasteiger partial charge >= 0.3 is 12.1 Å². The third-order valence-corrected chi connectivity index (χ3v) is 7.60. The van der Waals surface area contributed by atoms with E-state index in [4.69, 9.17) is 18.9 Å². The molecule has 0 radical (unpaired) electrons. The molecule has 9 nitrogen and oxygen atoms in total. The van der Waals surface area contributed by atoms with E-state index in [0.29, 0.717) is 13.1 Å². The molecule has 0 spiro atoms. The zero-order valence-electron chi connectivity index (χ0n) is 25.1. The maximum atomic E-state index is 13.0. The summed E-state index contributed by atoms with van der Waals surface area (Å²) in [6, 6.07) is 15.2. The van der Waals surface area contributed by atoms with Gasteiger partial charge in [0.1, 0.15) is 18.2 Å². The second-order valence-electron chi connectivity index (χ2n) is 12.0. The first-order valence-corrected chi connectivity index (χ1v) is 14.7. The van der Waals surface area contributed by atoms with Gasteiger partial charge in [-0.3, -0.25) is 9.69 Å². The van der Waals surface area contributed by atoms with Crippen molar-refractivity contribution in [2.45, 2.75) is 83.8 Å². The Balaban J connectivity index is 1.52. The van der Waals surface area contributed by atoms with E-state index in [0.717, 1.165) is 41.6 Å². The normalized spacial score (nSPS) is 24.6. The van der Waals surface area contributed by atoms with Crippen molar-refractivity contribution in [1.82, 2.24) is 10.2 Å². The minimum absolute atomic E-state index is 0.00818. The molecule has 2 N–H and O–H groups in total. The smallest absolute Gasteiger partial charge is 0.407 e. The third-order valence-electron chi connectivity index (χ3n) is 7.60. The fourth-order valence-corrected chi connectivity index (χ4v) is 5.39. The fraction of sp³-hybridized carbons (Fsp3) is 0.515. The number of aliphatic hydroxyl groups is 1. The van der Waals surface area contributed by atoms with Gasteiger partial charge in [-0.15, -0.1) is 0 Å². The third kappa shape index (κ3) is 8.41. The number of amides is 1. The molecule has 2 aromatic carbocycles. The lowest BCUT2D eigenvalue weighted by atomic mass is 9.90. The molecule has 0 aromatic heterocycles. The van der Waals surface area contributed by atoms with Crippen LogP contribution < -0.4 is 5.32 Å². The number of benzene rings is 2. The molecule has 0 saturated carbocycles. The van der Waals surface area contributed by atoms with Crippen molar-refractivity contribution in [1.29, 1.82) is 0 Å². The predicted molar refractivity (Wildman–Crippen MR) is 158 cm³/mol. The van der Waals surface area contributed by atoms with Gasteiger partial charge in [0.15, 0.2) is 6.29 Å². The van der Waals surface area contributed by atoms with Crippen molar-refractivity contribution in [2.75, 3.05) is 19.7 Å². The van der Waals surface area contributed by atoms with Gasteiger partial charge in [0, 0.05) is 24.6 Å². The largest absolute Gasteiger partial charge is 0.459 e. The number of aliphatic hydroxyl groups excluding tert-OH is 1. The Labute approximate surface area is 248 Å². The first kappa shape index (κ1) is 31.7. The Kier molecular flexibility index (Phi) is 10.8. The summed E-state index contributed by atoms with van der Waals surface area (Å²) in [5.41, 5.74) is 3.05. The second-order valence-corrected chi connectivity index (χ2v) is 12.0. The predicted octanol–water partition coefficient (Wildman–Crippen LogP) is 5.19. The lowest BCUT2D eigenvalue weighted by Crippen LogP contribution is -2.48. The maximum absolute atomic E-state index is 13.0. The molecule has 2 aliphatic rings.